The van der Waals surface area contributed by atoms with E-state index in [0.29, 0.717) is 47.2 Å². The first-order chi connectivity index (χ1) is 17.0. The zero-order valence-corrected chi connectivity index (χ0v) is 24.2. The van der Waals surface area contributed by atoms with Crippen molar-refractivity contribution in [2.24, 2.45) is 58.2 Å². The maximum absolute atomic E-state index is 10.3. The smallest absolute Gasteiger partial charge is 0.171 e. The quantitative estimate of drug-likeness (QED) is 0.433. The van der Waals surface area contributed by atoms with Crippen molar-refractivity contribution < 1.29 is 19.7 Å². The lowest BCUT2D eigenvalue weighted by Gasteiger charge is -2.61. The molecule has 6 fully saturated rings. The van der Waals surface area contributed by atoms with E-state index in [1.165, 1.54) is 44.9 Å². The van der Waals surface area contributed by atoms with Crippen LogP contribution in [-0.2, 0) is 9.47 Å². The number of aliphatic hydroxyl groups excluding tert-OH is 2. The van der Waals surface area contributed by atoms with E-state index in [4.69, 9.17) is 14.6 Å². The van der Waals surface area contributed by atoms with Gasteiger partial charge < -0.3 is 19.7 Å². The van der Waals surface area contributed by atoms with E-state index in [1.807, 2.05) is 0 Å². The summed E-state index contributed by atoms with van der Waals surface area (Å²) in [6.45, 7) is 15.4. The highest BCUT2D eigenvalue weighted by Gasteiger charge is 2.69. The van der Waals surface area contributed by atoms with Crippen molar-refractivity contribution in [3.63, 3.8) is 0 Å². The van der Waals surface area contributed by atoms with Crippen LogP contribution >= 0.6 is 0 Å². The van der Waals surface area contributed by atoms with Gasteiger partial charge in [0.25, 0.3) is 0 Å². The van der Waals surface area contributed by atoms with Gasteiger partial charge in [0.1, 0.15) is 0 Å². The van der Waals surface area contributed by atoms with E-state index < -0.39 is 0 Å². The van der Waals surface area contributed by atoms with E-state index in [-0.39, 0.29) is 11.9 Å². The van der Waals surface area contributed by atoms with Gasteiger partial charge in [-0.3, -0.25) is 0 Å². The molecule has 208 valence electrons. The van der Waals surface area contributed by atoms with Gasteiger partial charge in [0.05, 0.1) is 18.8 Å². The summed E-state index contributed by atoms with van der Waals surface area (Å²) in [7, 11) is 0. The van der Waals surface area contributed by atoms with E-state index in [9.17, 15) is 5.11 Å². The molecule has 0 aromatic carbocycles. The van der Waals surface area contributed by atoms with Gasteiger partial charge in [-0.1, -0.05) is 41.5 Å². The lowest BCUT2D eigenvalue weighted by Crippen LogP contribution is -2.55. The highest BCUT2D eigenvalue weighted by Crippen LogP contribution is 2.71. The van der Waals surface area contributed by atoms with Crippen molar-refractivity contribution in [3.8, 4) is 0 Å². The SMILES string of the molecule is CC(C)CCO.C[C@H]1CC[C@@]2(OC1)O[C@H]1C[C@H]3[C@@H]4CC[C@@H]5C[C@@H](O)CC[C@]5(C)[C@H]4CC[C@]3(C)[C@H]1[C@@H]2C. The van der Waals surface area contributed by atoms with Gasteiger partial charge in [0, 0.05) is 18.9 Å². The predicted octanol–water partition coefficient (Wildman–Crippen LogP) is 6.82. The van der Waals surface area contributed by atoms with Crippen molar-refractivity contribution in [3.05, 3.63) is 0 Å². The zero-order valence-electron chi connectivity index (χ0n) is 24.2. The third-order valence-corrected chi connectivity index (χ3v) is 12.6. The van der Waals surface area contributed by atoms with Crippen molar-refractivity contribution >= 4 is 0 Å². The van der Waals surface area contributed by atoms with Crippen LogP contribution in [0.2, 0.25) is 0 Å². The Labute approximate surface area is 221 Å². The average Bonchev–Trinajstić information content (AvgIpc) is 3.27. The van der Waals surface area contributed by atoms with Crippen LogP contribution < -0.4 is 0 Å². The first kappa shape index (κ1) is 27.4. The third kappa shape index (κ3) is 4.42. The highest BCUT2D eigenvalue weighted by molar-refractivity contribution is 5.15. The Morgan fingerprint density at radius 2 is 1.64 bits per heavy atom. The number of hydrogen-bond acceptors (Lipinski definition) is 4. The number of hydrogen-bond donors (Lipinski definition) is 2. The fraction of sp³-hybridized carbons (Fsp3) is 1.00. The second-order valence-corrected chi connectivity index (χ2v) is 15.0. The molecule has 2 N–H and O–H groups in total. The van der Waals surface area contributed by atoms with Crippen LogP contribution in [0.25, 0.3) is 0 Å². The largest absolute Gasteiger partial charge is 0.396 e. The van der Waals surface area contributed by atoms with E-state index in [2.05, 4.69) is 41.5 Å². The van der Waals surface area contributed by atoms with Gasteiger partial charge >= 0.3 is 0 Å². The van der Waals surface area contributed by atoms with E-state index in [1.54, 1.807) is 0 Å². The Hall–Kier alpha value is -0.160. The monoisotopic (exact) mass is 504 g/mol. The maximum Gasteiger partial charge on any atom is 0.171 e. The molecule has 4 heteroatoms. The fourth-order valence-corrected chi connectivity index (χ4v) is 10.5. The predicted molar refractivity (Wildman–Crippen MR) is 144 cm³/mol. The average molecular weight is 505 g/mol. The summed E-state index contributed by atoms with van der Waals surface area (Å²) in [4.78, 5) is 0. The van der Waals surface area contributed by atoms with Crippen LogP contribution in [0.1, 0.15) is 112 Å². The zero-order chi connectivity index (χ0) is 25.9. The van der Waals surface area contributed by atoms with Crippen LogP contribution in [0.3, 0.4) is 0 Å². The number of aliphatic hydroxyl groups is 2. The number of ether oxygens (including phenoxy) is 2. The molecule has 4 saturated carbocycles. The van der Waals surface area contributed by atoms with Crippen LogP contribution in [0.5, 0.6) is 0 Å². The minimum Gasteiger partial charge on any atom is -0.396 e. The fourth-order valence-electron chi connectivity index (χ4n) is 10.5. The topological polar surface area (TPSA) is 58.9 Å². The van der Waals surface area contributed by atoms with Gasteiger partial charge in [-0.15, -0.1) is 0 Å². The molecule has 0 radical (unpaired) electrons. The molecule has 2 saturated heterocycles. The Kier molecular flexibility index (Phi) is 7.69. The summed E-state index contributed by atoms with van der Waals surface area (Å²) < 4.78 is 13.4. The Bertz CT molecular complexity index is 759. The van der Waals surface area contributed by atoms with E-state index >= 15 is 0 Å². The number of rotatable bonds is 2. The minimum absolute atomic E-state index is 0.0389. The molecule has 2 aliphatic heterocycles. The molecule has 2 heterocycles. The summed E-state index contributed by atoms with van der Waals surface area (Å²) in [5.74, 6) is 5.58. The first-order valence-electron chi connectivity index (χ1n) is 15.6. The summed E-state index contributed by atoms with van der Waals surface area (Å²) in [5, 5.41) is 18.5. The van der Waals surface area contributed by atoms with Crippen molar-refractivity contribution in [1.82, 2.24) is 0 Å². The molecular weight excluding hydrogens is 448 g/mol. The Balaban J connectivity index is 0.000000400. The van der Waals surface area contributed by atoms with Crippen LogP contribution in [0, 0.1) is 58.2 Å². The standard InChI is InChI=1S/C27H44O3.C5H12O/c1-16-7-12-27(29-15-16)17(2)24-23(30-27)14-22-20-6-5-18-13-19(28)8-10-25(18,3)21(20)9-11-26(22,24)4;1-5(2)3-4-6/h16-24,28H,5-15H2,1-4H3;5-6H,3-4H2,1-2H3/t16-,17-,18+,19-,20+,21-,22-,23-,24-,25-,26-,27+;/m0./s1. The van der Waals surface area contributed by atoms with Crippen molar-refractivity contribution in [2.75, 3.05) is 13.2 Å². The molecule has 6 rings (SSSR count). The molecule has 0 aromatic heterocycles. The molecule has 4 nitrogen and oxygen atoms in total. The van der Waals surface area contributed by atoms with Crippen LogP contribution in [0.15, 0.2) is 0 Å². The summed E-state index contributed by atoms with van der Waals surface area (Å²) in [6, 6.07) is 0. The van der Waals surface area contributed by atoms with Crippen molar-refractivity contribution in [2.45, 2.75) is 130 Å². The lowest BCUT2D eigenvalue weighted by molar-refractivity contribution is -0.273. The highest BCUT2D eigenvalue weighted by atomic mass is 16.7. The molecular formula is C32H56O4. The molecule has 0 amide bonds. The van der Waals surface area contributed by atoms with Crippen molar-refractivity contribution in [1.29, 1.82) is 0 Å². The van der Waals surface area contributed by atoms with Crippen LogP contribution in [-0.4, -0.2) is 41.4 Å². The molecule has 1 spiro atoms. The molecule has 12 atom stereocenters. The maximum atomic E-state index is 10.3. The van der Waals surface area contributed by atoms with Gasteiger partial charge in [-0.2, -0.15) is 0 Å². The second kappa shape index (κ2) is 10.1. The molecule has 4 aliphatic carbocycles. The van der Waals surface area contributed by atoms with Gasteiger partial charge in [0.15, 0.2) is 5.79 Å². The first-order valence-corrected chi connectivity index (χ1v) is 15.6. The normalized spacial score (nSPS) is 53.8. The molecule has 6 aliphatic rings. The summed E-state index contributed by atoms with van der Waals surface area (Å²) in [5.41, 5.74) is 0.899. The number of fused-ring (bicyclic) bond motifs is 7. The molecule has 36 heavy (non-hydrogen) atoms. The Morgan fingerprint density at radius 3 is 2.28 bits per heavy atom. The van der Waals surface area contributed by atoms with Crippen LogP contribution in [0.4, 0.5) is 0 Å². The summed E-state index contributed by atoms with van der Waals surface area (Å²) in [6.07, 6.45) is 13.8. The van der Waals surface area contributed by atoms with Gasteiger partial charge in [0.2, 0.25) is 0 Å². The van der Waals surface area contributed by atoms with Gasteiger partial charge in [-0.25, -0.2) is 0 Å². The molecule has 0 bridgehead atoms. The molecule has 0 aromatic rings. The minimum atomic E-state index is -0.282. The summed E-state index contributed by atoms with van der Waals surface area (Å²) >= 11 is 0. The van der Waals surface area contributed by atoms with Gasteiger partial charge in [-0.05, 0) is 116 Å². The third-order valence-electron chi connectivity index (χ3n) is 12.6. The van der Waals surface area contributed by atoms with E-state index in [0.717, 1.165) is 56.0 Å². The lowest BCUT2D eigenvalue weighted by atomic mass is 9.44. The molecule has 0 unspecified atom stereocenters. The Morgan fingerprint density at radius 1 is 0.889 bits per heavy atom. The second-order valence-electron chi connectivity index (χ2n) is 15.0.